The van der Waals surface area contributed by atoms with E-state index in [2.05, 4.69) is 45.3 Å². The molecule has 2 aromatic carbocycles. The number of benzene rings is 2. The second-order valence-electron chi connectivity index (χ2n) is 7.51. The fourth-order valence-electron chi connectivity index (χ4n) is 3.75. The smallest absolute Gasteiger partial charge is 0.253 e. The quantitative estimate of drug-likeness (QED) is 0.573. The van der Waals surface area contributed by atoms with Gasteiger partial charge < -0.3 is 10.2 Å². The Balaban J connectivity index is 1.37. The molecule has 4 rings (SSSR count). The number of aromatic nitrogens is 1. The van der Waals surface area contributed by atoms with E-state index in [1.54, 1.807) is 0 Å². The van der Waals surface area contributed by atoms with Gasteiger partial charge >= 0.3 is 0 Å². The van der Waals surface area contributed by atoms with Gasteiger partial charge in [-0.25, -0.2) is 4.98 Å². The van der Waals surface area contributed by atoms with E-state index in [9.17, 15) is 9.59 Å². The number of rotatable bonds is 3. The summed E-state index contributed by atoms with van der Waals surface area (Å²) in [5.74, 6) is -0.0821. The lowest BCUT2D eigenvalue weighted by atomic mass is 9.95. The Bertz CT molecular complexity index is 1070. The molecule has 0 saturated carbocycles. The van der Waals surface area contributed by atoms with E-state index >= 15 is 0 Å². The van der Waals surface area contributed by atoms with Crippen molar-refractivity contribution in [1.82, 2.24) is 9.88 Å². The molecule has 1 fully saturated rings. The number of piperidine rings is 1. The molecule has 1 aliphatic rings. The fourth-order valence-corrected chi connectivity index (χ4v) is 5.06. The molecule has 2 heterocycles. The molecule has 0 spiro atoms. The first-order chi connectivity index (χ1) is 13.9. The Hall–Kier alpha value is -2.25. The number of fused-ring (bicyclic) bond motifs is 1. The summed E-state index contributed by atoms with van der Waals surface area (Å²) in [4.78, 5) is 31.8. The van der Waals surface area contributed by atoms with Crippen molar-refractivity contribution in [2.45, 2.75) is 26.7 Å². The Morgan fingerprint density at radius 2 is 1.83 bits per heavy atom. The molecular weight excluding hydrogens is 450 g/mol. The van der Waals surface area contributed by atoms with E-state index in [0.29, 0.717) is 36.6 Å². The third-order valence-electron chi connectivity index (χ3n) is 5.30. The van der Waals surface area contributed by atoms with Gasteiger partial charge in [0.2, 0.25) is 5.91 Å². The summed E-state index contributed by atoms with van der Waals surface area (Å²) in [5.41, 5.74) is 3.94. The van der Waals surface area contributed by atoms with Gasteiger partial charge in [0.05, 0.1) is 10.2 Å². The van der Waals surface area contributed by atoms with Crippen LogP contribution in [-0.2, 0) is 4.79 Å². The van der Waals surface area contributed by atoms with Gasteiger partial charge in [-0.1, -0.05) is 33.3 Å². The first-order valence-corrected chi connectivity index (χ1v) is 11.2. The molecule has 1 aliphatic heterocycles. The van der Waals surface area contributed by atoms with Gasteiger partial charge in [-0.15, -0.1) is 0 Å². The third kappa shape index (κ3) is 4.36. The van der Waals surface area contributed by atoms with Gasteiger partial charge in [0.15, 0.2) is 5.13 Å². The zero-order valence-corrected chi connectivity index (χ0v) is 18.8. The molecule has 29 heavy (non-hydrogen) atoms. The Labute approximate surface area is 182 Å². The summed E-state index contributed by atoms with van der Waals surface area (Å²) in [7, 11) is 0. The van der Waals surface area contributed by atoms with E-state index in [0.717, 1.165) is 20.3 Å². The maximum absolute atomic E-state index is 12.7. The van der Waals surface area contributed by atoms with Crippen molar-refractivity contribution < 1.29 is 9.59 Å². The standard InChI is InChI=1S/C22H22BrN3O2S/c1-13-11-14(2)19-18(12-13)29-22(24-19)25-20(27)15-7-9-26(10-8-15)21(28)16-3-5-17(23)6-4-16/h3-6,11-12,15H,7-10H2,1-2H3,(H,24,25,27). The SMILES string of the molecule is Cc1cc(C)c2nc(NC(=O)C3CCN(C(=O)c4ccc(Br)cc4)CC3)sc2c1. The average Bonchev–Trinajstić information content (AvgIpc) is 3.10. The molecule has 1 aromatic heterocycles. The van der Waals surface area contributed by atoms with Gasteiger partial charge in [0, 0.05) is 29.0 Å². The van der Waals surface area contributed by atoms with E-state index in [-0.39, 0.29) is 17.7 Å². The molecule has 0 bridgehead atoms. The summed E-state index contributed by atoms with van der Waals surface area (Å²) in [6, 6.07) is 11.6. The van der Waals surface area contributed by atoms with Crippen LogP contribution >= 0.6 is 27.3 Å². The number of carbonyl (C=O) groups excluding carboxylic acids is 2. The molecule has 150 valence electrons. The normalized spacial score (nSPS) is 14.9. The highest BCUT2D eigenvalue weighted by molar-refractivity contribution is 9.10. The lowest BCUT2D eigenvalue weighted by molar-refractivity contribution is -0.121. The molecule has 5 nitrogen and oxygen atoms in total. The topological polar surface area (TPSA) is 62.3 Å². The number of likely N-dealkylation sites (tertiary alicyclic amines) is 1. The lowest BCUT2D eigenvalue weighted by Gasteiger charge is -2.31. The summed E-state index contributed by atoms with van der Waals surface area (Å²) in [6.07, 6.45) is 1.33. The van der Waals surface area contributed by atoms with Crippen LogP contribution in [0.1, 0.15) is 34.3 Å². The fraction of sp³-hybridized carbons (Fsp3) is 0.318. The van der Waals surface area contributed by atoms with Crippen LogP contribution in [0.5, 0.6) is 0 Å². The lowest BCUT2D eigenvalue weighted by Crippen LogP contribution is -2.41. The molecule has 1 saturated heterocycles. The Kier molecular flexibility index (Phi) is 5.69. The molecule has 2 amide bonds. The van der Waals surface area contributed by atoms with Crippen molar-refractivity contribution in [3.63, 3.8) is 0 Å². The highest BCUT2D eigenvalue weighted by Crippen LogP contribution is 2.30. The summed E-state index contributed by atoms with van der Waals surface area (Å²) < 4.78 is 2.04. The third-order valence-corrected chi connectivity index (χ3v) is 6.75. The number of nitrogens with zero attached hydrogens (tertiary/aromatic N) is 2. The van der Waals surface area contributed by atoms with Crippen LogP contribution in [0.15, 0.2) is 40.9 Å². The van der Waals surface area contributed by atoms with E-state index < -0.39 is 0 Å². The molecule has 0 atom stereocenters. The summed E-state index contributed by atoms with van der Waals surface area (Å²) in [6.45, 7) is 5.28. The van der Waals surface area contributed by atoms with Crippen LogP contribution < -0.4 is 5.32 Å². The first-order valence-electron chi connectivity index (χ1n) is 9.64. The first kappa shape index (κ1) is 20.0. The number of halogens is 1. The molecule has 7 heteroatoms. The van der Waals surface area contributed by atoms with Crippen LogP contribution in [-0.4, -0.2) is 34.8 Å². The maximum Gasteiger partial charge on any atom is 0.253 e. The van der Waals surface area contributed by atoms with Crippen molar-refractivity contribution in [1.29, 1.82) is 0 Å². The van der Waals surface area contributed by atoms with Crippen molar-refractivity contribution >= 4 is 54.4 Å². The van der Waals surface area contributed by atoms with Crippen molar-refractivity contribution in [2.24, 2.45) is 5.92 Å². The average molecular weight is 472 g/mol. The second kappa shape index (κ2) is 8.24. The molecule has 3 aromatic rings. The zero-order chi connectivity index (χ0) is 20.5. The van der Waals surface area contributed by atoms with Gasteiger partial charge in [0.25, 0.3) is 5.91 Å². The maximum atomic E-state index is 12.7. The van der Waals surface area contributed by atoms with E-state index in [1.807, 2.05) is 36.1 Å². The van der Waals surface area contributed by atoms with Gasteiger partial charge in [-0.2, -0.15) is 0 Å². The van der Waals surface area contributed by atoms with Crippen molar-refractivity contribution in [3.8, 4) is 0 Å². The van der Waals surface area contributed by atoms with Crippen LogP contribution in [0.3, 0.4) is 0 Å². The number of amides is 2. The second-order valence-corrected chi connectivity index (χ2v) is 9.46. The molecule has 0 aliphatic carbocycles. The molecule has 0 unspecified atom stereocenters. The predicted octanol–water partition coefficient (Wildman–Crippen LogP) is 5.17. The van der Waals surface area contributed by atoms with E-state index in [1.165, 1.54) is 16.9 Å². The van der Waals surface area contributed by atoms with Gasteiger partial charge in [-0.3, -0.25) is 9.59 Å². The van der Waals surface area contributed by atoms with Crippen LogP contribution in [0.4, 0.5) is 5.13 Å². The van der Waals surface area contributed by atoms with Crippen LogP contribution in [0, 0.1) is 19.8 Å². The highest BCUT2D eigenvalue weighted by Gasteiger charge is 2.28. The molecule has 0 radical (unpaired) electrons. The monoisotopic (exact) mass is 471 g/mol. The number of aryl methyl sites for hydroxylation is 2. The predicted molar refractivity (Wildman–Crippen MR) is 120 cm³/mol. The number of thiazole rings is 1. The summed E-state index contributed by atoms with van der Waals surface area (Å²) in [5, 5.41) is 3.63. The van der Waals surface area contributed by atoms with Crippen LogP contribution in [0.2, 0.25) is 0 Å². The van der Waals surface area contributed by atoms with Crippen molar-refractivity contribution in [3.05, 3.63) is 57.6 Å². The number of hydrogen-bond donors (Lipinski definition) is 1. The zero-order valence-electron chi connectivity index (χ0n) is 16.4. The van der Waals surface area contributed by atoms with Gasteiger partial charge in [-0.05, 0) is 68.1 Å². The highest BCUT2D eigenvalue weighted by atomic mass is 79.9. The minimum absolute atomic E-state index is 0.00540. The van der Waals surface area contributed by atoms with Crippen molar-refractivity contribution in [2.75, 3.05) is 18.4 Å². The molecular formula is C22H22BrN3O2S. The number of carbonyl (C=O) groups is 2. The minimum atomic E-state index is -0.0983. The largest absolute Gasteiger partial charge is 0.339 e. The number of nitrogens with one attached hydrogen (secondary N) is 1. The number of anilines is 1. The van der Waals surface area contributed by atoms with E-state index in [4.69, 9.17) is 0 Å². The van der Waals surface area contributed by atoms with Gasteiger partial charge in [0.1, 0.15) is 0 Å². The number of hydrogen-bond acceptors (Lipinski definition) is 4. The Morgan fingerprint density at radius 1 is 1.14 bits per heavy atom. The molecule has 1 N–H and O–H groups in total. The Morgan fingerprint density at radius 3 is 2.52 bits per heavy atom. The van der Waals surface area contributed by atoms with Crippen LogP contribution in [0.25, 0.3) is 10.2 Å². The summed E-state index contributed by atoms with van der Waals surface area (Å²) >= 11 is 4.90. The minimum Gasteiger partial charge on any atom is -0.339 e.